The van der Waals surface area contributed by atoms with Crippen LogP contribution in [0.2, 0.25) is 0 Å². The second kappa shape index (κ2) is 2.80. The molecule has 0 aromatic heterocycles. The van der Waals surface area contributed by atoms with Crippen molar-refractivity contribution in [1.82, 2.24) is 0 Å². The van der Waals surface area contributed by atoms with Gasteiger partial charge in [-0.3, -0.25) is 0 Å². The maximum absolute atomic E-state index is 2.38. The largest absolute Gasteiger partial charge is 0.0651 e. The molecule has 0 spiro atoms. The first-order chi connectivity index (χ1) is 5.36. The van der Waals surface area contributed by atoms with E-state index in [1.165, 1.54) is 12.8 Å². The van der Waals surface area contributed by atoms with Crippen molar-refractivity contribution >= 4 is 0 Å². The highest BCUT2D eigenvalue weighted by molar-refractivity contribution is 4.94. The molecule has 2 rings (SSSR count). The van der Waals surface area contributed by atoms with E-state index in [9.17, 15) is 0 Å². The molecule has 11 heavy (non-hydrogen) atoms. The second-order valence-corrected chi connectivity index (χ2v) is 4.48. The molecule has 2 aliphatic rings. The zero-order chi connectivity index (χ0) is 7.84. The molecule has 0 aliphatic heterocycles. The second-order valence-electron chi connectivity index (χ2n) is 4.48. The van der Waals surface area contributed by atoms with E-state index in [2.05, 4.69) is 13.8 Å². The minimum Gasteiger partial charge on any atom is -0.0651 e. The first-order valence-corrected chi connectivity index (χ1v) is 5.36. The van der Waals surface area contributed by atoms with E-state index in [4.69, 9.17) is 0 Å². The molecule has 0 saturated heterocycles. The molecule has 4 atom stereocenters. The minimum absolute atomic E-state index is 1.11. The summed E-state index contributed by atoms with van der Waals surface area (Å²) in [6.45, 7) is 4.77. The third-order valence-electron chi connectivity index (χ3n) is 4.22. The maximum atomic E-state index is 2.38. The minimum atomic E-state index is 1.11. The van der Waals surface area contributed by atoms with Crippen LogP contribution in [0, 0.1) is 23.7 Å². The van der Waals surface area contributed by atoms with E-state index in [-0.39, 0.29) is 0 Å². The first-order valence-electron chi connectivity index (χ1n) is 5.36. The molecule has 64 valence electrons. The fourth-order valence-corrected chi connectivity index (χ4v) is 3.80. The topological polar surface area (TPSA) is 0 Å². The van der Waals surface area contributed by atoms with Crippen LogP contribution in [0.4, 0.5) is 0 Å². The summed E-state index contributed by atoms with van der Waals surface area (Å²) in [7, 11) is 0. The zero-order valence-electron chi connectivity index (χ0n) is 7.84. The fourth-order valence-electron chi connectivity index (χ4n) is 3.80. The Morgan fingerprint density at radius 1 is 0.909 bits per heavy atom. The number of fused-ring (bicyclic) bond motifs is 2. The van der Waals surface area contributed by atoms with Crippen LogP contribution >= 0.6 is 0 Å². The number of hydrogen-bond donors (Lipinski definition) is 0. The molecule has 2 bridgehead atoms. The molecule has 0 heteroatoms. The first kappa shape index (κ1) is 7.64. The van der Waals surface area contributed by atoms with Gasteiger partial charge in [0.25, 0.3) is 0 Å². The Morgan fingerprint density at radius 2 is 1.36 bits per heavy atom. The van der Waals surface area contributed by atoms with Crippen LogP contribution in [0.5, 0.6) is 0 Å². The van der Waals surface area contributed by atoms with Crippen LogP contribution < -0.4 is 0 Å². The van der Waals surface area contributed by atoms with Gasteiger partial charge in [-0.05, 0) is 42.9 Å². The molecule has 4 unspecified atom stereocenters. The van der Waals surface area contributed by atoms with Gasteiger partial charge in [0.2, 0.25) is 0 Å². The Labute approximate surface area is 70.4 Å². The number of hydrogen-bond acceptors (Lipinski definition) is 0. The average molecular weight is 152 g/mol. The highest BCUT2D eigenvalue weighted by Crippen LogP contribution is 2.54. The SMILES string of the molecule is CCC1C2CCC(C2)C1CC. The van der Waals surface area contributed by atoms with Gasteiger partial charge in [0.05, 0.1) is 0 Å². The van der Waals surface area contributed by atoms with Crippen molar-refractivity contribution in [2.75, 3.05) is 0 Å². The van der Waals surface area contributed by atoms with Gasteiger partial charge < -0.3 is 0 Å². The van der Waals surface area contributed by atoms with E-state index in [1.807, 2.05) is 0 Å². The Kier molecular flexibility index (Phi) is 1.95. The summed E-state index contributed by atoms with van der Waals surface area (Å²) in [5.41, 5.74) is 0. The molecule has 0 radical (unpaired) electrons. The van der Waals surface area contributed by atoms with Crippen molar-refractivity contribution in [2.45, 2.75) is 46.0 Å². The zero-order valence-corrected chi connectivity index (χ0v) is 7.84. The van der Waals surface area contributed by atoms with E-state index >= 15 is 0 Å². The third-order valence-corrected chi connectivity index (χ3v) is 4.22. The quantitative estimate of drug-likeness (QED) is 0.568. The lowest BCUT2D eigenvalue weighted by Gasteiger charge is -2.29. The standard InChI is InChI=1S/C11H20/c1-3-10-8-5-6-9(7-8)11(10)4-2/h8-11H,3-7H2,1-2H3. The normalized spacial score (nSPS) is 48.5. The van der Waals surface area contributed by atoms with Gasteiger partial charge in [-0.25, -0.2) is 0 Å². The van der Waals surface area contributed by atoms with E-state index in [1.54, 1.807) is 19.3 Å². The van der Waals surface area contributed by atoms with Gasteiger partial charge in [-0.2, -0.15) is 0 Å². The van der Waals surface area contributed by atoms with Gasteiger partial charge in [-0.1, -0.05) is 26.7 Å². The lowest BCUT2D eigenvalue weighted by Crippen LogP contribution is -2.20. The molecule has 0 heterocycles. The summed E-state index contributed by atoms with van der Waals surface area (Å²) < 4.78 is 0. The molecule has 2 fully saturated rings. The fraction of sp³-hybridized carbons (Fsp3) is 1.00. The Bertz CT molecular complexity index is 123. The van der Waals surface area contributed by atoms with Gasteiger partial charge >= 0.3 is 0 Å². The summed E-state index contributed by atoms with van der Waals surface area (Å²) in [6.07, 6.45) is 7.58. The van der Waals surface area contributed by atoms with Crippen LogP contribution in [0.25, 0.3) is 0 Å². The predicted octanol–water partition coefficient (Wildman–Crippen LogP) is 3.47. The molecule has 0 aromatic rings. The van der Waals surface area contributed by atoms with Gasteiger partial charge in [0.15, 0.2) is 0 Å². The maximum Gasteiger partial charge on any atom is -0.0357 e. The summed E-state index contributed by atoms with van der Waals surface area (Å²) >= 11 is 0. The summed E-state index contributed by atoms with van der Waals surface area (Å²) in [6, 6.07) is 0. The average Bonchev–Trinajstić information content (AvgIpc) is 2.60. The molecule has 0 N–H and O–H groups in total. The van der Waals surface area contributed by atoms with Crippen molar-refractivity contribution in [3.05, 3.63) is 0 Å². The predicted molar refractivity (Wildman–Crippen MR) is 48.4 cm³/mol. The van der Waals surface area contributed by atoms with Crippen molar-refractivity contribution < 1.29 is 0 Å². The van der Waals surface area contributed by atoms with Crippen LogP contribution in [0.15, 0.2) is 0 Å². The van der Waals surface area contributed by atoms with Crippen molar-refractivity contribution in [2.24, 2.45) is 23.7 Å². The number of rotatable bonds is 2. The molecule has 0 amide bonds. The van der Waals surface area contributed by atoms with Crippen molar-refractivity contribution in [1.29, 1.82) is 0 Å². The van der Waals surface area contributed by atoms with E-state index in [0.717, 1.165) is 23.7 Å². The Hall–Kier alpha value is 0. The van der Waals surface area contributed by atoms with Crippen molar-refractivity contribution in [3.8, 4) is 0 Å². The van der Waals surface area contributed by atoms with Crippen LogP contribution in [-0.4, -0.2) is 0 Å². The Balaban J connectivity index is 2.08. The molecule has 0 aromatic carbocycles. The van der Waals surface area contributed by atoms with Gasteiger partial charge in [0.1, 0.15) is 0 Å². The molecule has 0 nitrogen and oxygen atoms in total. The van der Waals surface area contributed by atoms with Crippen molar-refractivity contribution in [3.63, 3.8) is 0 Å². The van der Waals surface area contributed by atoms with E-state index < -0.39 is 0 Å². The molecular formula is C11H20. The van der Waals surface area contributed by atoms with E-state index in [0.29, 0.717) is 0 Å². The van der Waals surface area contributed by atoms with Crippen LogP contribution in [-0.2, 0) is 0 Å². The molecule has 2 saturated carbocycles. The smallest absolute Gasteiger partial charge is 0.0357 e. The highest BCUT2D eigenvalue weighted by atomic mass is 14.5. The summed E-state index contributed by atoms with van der Waals surface area (Å²) in [4.78, 5) is 0. The van der Waals surface area contributed by atoms with Crippen LogP contribution in [0.1, 0.15) is 46.0 Å². The summed E-state index contributed by atoms with van der Waals surface area (Å²) in [5, 5.41) is 0. The lowest BCUT2D eigenvalue weighted by molar-refractivity contribution is 0.209. The molecular weight excluding hydrogens is 132 g/mol. The lowest BCUT2D eigenvalue weighted by atomic mass is 9.77. The third kappa shape index (κ3) is 1.02. The molecule has 2 aliphatic carbocycles. The summed E-state index contributed by atoms with van der Waals surface area (Å²) in [5.74, 6) is 4.49. The van der Waals surface area contributed by atoms with Gasteiger partial charge in [-0.15, -0.1) is 0 Å². The Morgan fingerprint density at radius 3 is 1.73 bits per heavy atom. The van der Waals surface area contributed by atoms with Gasteiger partial charge in [0, 0.05) is 0 Å². The monoisotopic (exact) mass is 152 g/mol. The highest BCUT2D eigenvalue weighted by Gasteiger charge is 2.45. The van der Waals surface area contributed by atoms with Crippen LogP contribution in [0.3, 0.4) is 0 Å².